The highest BCUT2D eigenvalue weighted by Gasteiger charge is 2.21. The molecule has 198 valence electrons. The SMILES string of the molecule is c1ccc(P(c2ccccc2)c2cc3ccc2CCc2ccc(c(-c4ccc(-c5ccccn5)cc4)c2)CC3)cc1. The van der Waals surface area contributed by atoms with Gasteiger partial charge in [-0.1, -0.05) is 127 Å². The molecule has 4 aliphatic carbocycles. The van der Waals surface area contributed by atoms with Gasteiger partial charge in [-0.15, -0.1) is 0 Å². The summed E-state index contributed by atoms with van der Waals surface area (Å²) < 4.78 is 0. The summed E-state index contributed by atoms with van der Waals surface area (Å²) in [6.45, 7) is 0. The zero-order valence-corrected chi connectivity index (χ0v) is 24.0. The van der Waals surface area contributed by atoms with Crippen molar-refractivity contribution in [3.8, 4) is 22.4 Å². The van der Waals surface area contributed by atoms with Crippen molar-refractivity contribution in [2.45, 2.75) is 25.7 Å². The fourth-order valence-electron chi connectivity index (χ4n) is 5.94. The topological polar surface area (TPSA) is 12.9 Å². The number of hydrogen-bond donors (Lipinski definition) is 0. The Morgan fingerprint density at radius 3 is 1.71 bits per heavy atom. The lowest BCUT2D eigenvalue weighted by atomic mass is 9.90. The van der Waals surface area contributed by atoms with E-state index in [9.17, 15) is 0 Å². The number of hydrogen-bond acceptors (Lipinski definition) is 1. The normalized spacial score (nSPS) is 12.7. The zero-order valence-electron chi connectivity index (χ0n) is 23.1. The number of nitrogens with zero attached hydrogens (tertiary/aromatic N) is 1. The van der Waals surface area contributed by atoms with Gasteiger partial charge in [-0.25, -0.2) is 0 Å². The van der Waals surface area contributed by atoms with Gasteiger partial charge in [0.25, 0.3) is 0 Å². The molecule has 6 aromatic rings. The molecule has 4 bridgehead atoms. The second kappa shape index (κ2) is 11.7. The van der Waals surface area contributed by atoms with Gasteiger partial charge in [-0.3, -0.25) is 4.98 Å². The second-order valence-corrected chi connectivity index (χ2v) is 12.9. The Morgan fingerprint density at radius 2 is 1.05 bits per heavy atom. The van der Waals surface area contributed by atoms with E-state index in [1.807, 2.05) is 18.3 Å². The molecule has 0 saturated heterocycles. The van der Waals surface area contributed by atoms with Gasteiger partial charge in [0.15, 0.2) is 0 Å². The summed E-state index contributed by atoms with van der Waals surface area (Å²) in [4.78, 5) is 4.53. The molecule has 0 fully saturated rings. The van der Waals surface area contributed by atoms with Crippen molar-refractivity contribution >= 4 is 23.8 Å². The molecule has 10 rings (SSSR count). The molecule has 0 spiro atoms. The maximum absolute atomic E-state index is 4.53. The molecule has 0 N–H and O–H groups in total. The van der Waals surface area contributed by atoms with Gasteiger partial charge in [0.05, 0.1) is 5.69 Å². The Hall–Kier alpha value is -4.32. The molecule has 0 radical (unpaired) electrons. The van der Waals surface area contributed by atoms with Crippen molar-refractivity contribution in [3.05, 3.63) is 168 Å². The van der Waals surface area contributed by atoms with Crippen LogP contribution in [0.3, 0.4) is 0 Å². The number of pyridine rings is 1. The Kier molecular flexibility index (Phi) is 7.29. The van der Waals surface area contributed by atoms with E-state index in [1.165, 1.54) is 49.3 Å². The molecule has 0 saturated carbocycles. The minimum Gasteiger partial charge on any atom is -0.256 e. The third-order valence-electron chi connectivity index (χ3n) is 8.12. The van der Waals surface area contributed by atoms with E-state index in [1.54, 1.807) is 0 Å². The van der Waals surface area contributed by atoms with Gasteiger partial charge >= 0.3 is 0 Å². The third kappa shape index (κ3) is 5.51. The quantitative estimate of drug-likeness (QED) is 0.200. The Morgan fingerprint density at radius 1 is 0.463 bits per heavy atom. The fourth-order valence-corrected chi connectivity index (χ4v) is 8.51. The lowest BCUT2D eigenvalue weighted by Crippen LogP contribution is -2.24. The highest BCUT2D eigenvalue weighted by atomic mass is 31.1. The fraction of sp³-hybridized carbons (Fsp3) is 0.103. The summed E-state index contributed by atoms with van der Waals surface area (Å²) in [5.74, 6) is 0. The molecule has 4 aliphatic rings. The maximum atomic E-state index is 4.53. The monoisotopic (exact) mass is 545 g/mol. The van der Waals surface area contributed by atoms with Crippen molar-refractivity contribution in [1.82, 2.24) is 4.98 Å². The highest BCUT2D eigenvalue weighted by molar-refractivity contribution is 7.79. The molecule has 0 aliphatic heterocycles. The zero-order chi connectivity index (χ0) is 27.4. The van der Waals surface area contributed by atoms with Crippen LogP contribution >= 0.6 is 7.92 Å². The molecule has 0 atom stereocenters. The van der Waals surface area contributed by atoms with Crippen molar-refractivity contribution in [2.24, 2.45) is 0 Å². The van der Waals surface area contributed by atoms with Crippen molar-refractivity contribution in [1.29, 1.82) is 0 Å². The van der Waals surface area contributed by atoms with Crippen LogP contribution in [0.4, 0.5) is 0 Å². The first-order chi connectivity index (χ1) is 20.3. The van der Waals surface area contributed by atoms with Crippen LogP contribution in [-0.4, -0.2) is 4.98 Å². The van der Waals surface area contributed by atoms with Gasteiger partial charge in [0.1, 0.15) is 0 Å². The Balaban J connectivity index is 1.25. The molecule has 41 heavy (non-hydrogen) atoms. The van der Waals surface area contributed by atoms with Crippen LogP contribution in [0.25, 0.3) is 22.4 Å². The molecular formula is C39H32NP. The van der Waals surface area contributed by atoms with Crippen LogP contribution in [-0.2, 0) is 25.7 Å². The highest BCUT2D eigenvalue weighted by Crippen LogP contribution is 2.36. The first-order valence-corrected chi connectivity index (χ1v) is 15.8. The summed E-state index contributed by atoms with van der Waals surface area (Å²) in [7, 11) is -0.626. The smallest absolute Gasteiger partial charge is 0.0701 e. The van der Waals surface area contributed by atoms with Crippen LogP contribution in [0.15, 0.2) is 146 Å². The van der Waals surface area contributed by atoms with Gasteiger partial charge in [0.2, 0.25) is 0 Å². The van der Waals surface area contributed by atoms with Gasteiger partial charge in [0, 0.05) is 11.8 Å². The van der Waals surface area contributed by atoms with Crippen molar-refractivity contribution in [2.75, 3.05) is 0 Å². The molecule has 2 heteroatoms. The molecule has 0 unspecified atom stereocenters. The van der Waals surface area contributed by atoms with Gasteiger partial charge in [-0.05, 0) is 95.0 Å². The molecular weight excluding hydrogens is 513 g/mol. The maximum Gasteiger partial charge on any atom is 0.0701 e. The lowest BCUT2D eigenvalue weighted by molar-refractivity contribution is 0.929. The van der Waals surface area contributed by atoms with Gasteiger partial charge in [-0.2, -0.15) is 0 Å². The molecule has 1 aromatic heterocycles. The largest absolute Gasteiger partial charge is 0.256 e. The summed E-state index contributed by atoms with van der Waals surface area (Å²) in [6, 6.07) is 51.7. The first kappa shape index (κ1) is 25.6. The van der Waals surface area contributed by atoms with E-state index in [0.717, 1.165) is 36.9 Å². The Labute approximate surface area is 244 Å². The molecule has 0 amide bonds. The van der Waals surface area contributed by atoms with Crippen LogP contribution in [0.1, 0.15) is 22.3 Å². The van der Waals surface area contributed by atoms with E-state index in [4.69, 9.17) is 0 Å². The Bertz CT molecular complexity index is 1720. The lowest BCUT2D eigenvalue weighted by Gasteiger charge is -2.24. The number of rotatable bonds is 5. The van der Waals surface area contributed by atoms with E-state index >= 15 is 0 Å². The van der Waals surface area contributed by atoms with E-state index in [-0.39, 0.29) is 0 Å². The second-order valence-electron chi connectivity index (χ2n) is 10.8. The van der Waals surface area contributed by atoms with Crippen LogP contribution in [0, 0.1) is 0 Å². The summed E-state index contributed by atoms with van der Waals surface area (Å²) in [6.07, 6.45) is 5.96. The number of aryl methyl sites for hydroxylation is 4. The van der Waals surface area contributed by atoms with E-state index in [0.29, 0.717) is 0 Å². The average Bonchev–Trinajstić information content (AvgIpc) is 3.04. The predicted molar refractivity (Wildman–Crippen MR) is 175 cm³/mol. The molecule has 1 heterocycles. The minimum absolute atomic E-state index is 0.626. The van der Waals surface area contributed by atoms with Crippen LogP contribution in [0.2, 0.25) is 0 Å². The van der Waals surface area contributed by atoms with E-state index in [2.05, 4.69) is 132 Å². The third-order valence-corrected chi connectivity index (χ3v) is 10.6. The molecule has 5 aromatic carbocycles. The standard InChI is InChI=1S/C39H32NP/c1-3-9-35(10-4-1)41(36-11-5-2-6-12-36)39-28-30-15-19-31-18-14-29(16-20-34(39)21-17-30)27-37(31)32-22-24-33(25-23-32)38-13-7-8-26-40-38/h1-14,17-18,21-28H,15-16,19-20H2. The average molecular weight is 546 g/mol. The summed E-state index contributed by atoms with van der Waals surface area (Å²) in [5.41, 5.74) is 10.5. The number of aromatic nitrogens is 1. The first-order valence-electron chi connectivity index (χ1n) is 14.5. The van der Waals surface area contributed by atoms with Crippen LogP contribution in [0.5, 0.6) is 0 Å². The molecule has 1 nitrogen and oxygen atoms in total. The summed E-state index contributed by atoms with van der Waals surface area (Å²) >= 11 is 0. The van der Waals surface area contributed by atoms with Crippen LogP contribution < -0.4 is 15.9 Å². The summed E-state index contributed by atoms with van der Waals surface area (Å²) in [5, 5.41) is 4.34. The number of benzene rings is 5. The van der Waals surface area contributed by atoms with Crippen molar-refractivity contribution in [3.63, 3.8) is 0 Å². The minimum atomic E-state index is -0.626. The van der Waals surface area contributed by atoms with Crippen molar-refractivity contribution < 1.29 is 0 Å². The van der Waals surface area contributed by atoms with Gasteiger partial charge < -0.3 is 0 Å². The predicted octanol–water partition coefficient (Wildman–Crippen LogP) is 8.06. The van der Waals surface area contributed by atoms with E-state index < -0.39 is 7.92 Å².